The molecule has 0 spiro atoms. The number of nitrogens with one attached hydrogen (secondary N) is 1. The zero-order chi connectivity index (χ0) is 16.5. The van der Waals surface area contributed by atoms with Gasteiger partial charge in [-0.3, -0.25) is 4.68 Å². The summed E-state index contributed by atoms with van der Waals surface area (Å²) in [6.45, 7) is 5.82. The molecule has 0 radical (unpaired) electrons. The number of nitrogens with zero attached hydrogens (tertiary/aromatic N) is 2. The molecule has 1 aromatic heterocycles. The van der Waals surface area contributed by atoms with E-state index < -0.39 is 10.0 Å². The van der Waals surface area contributed by atoms with Crippen LogP contribution in [0.25, 0.3) is 0 Å². The third-order valence-electron chi connectivity index (χ3n) is 3.71. The van der Waals surface area contributed by atoms with Crippen LogP contribution in [-0.2, 0) is 23.6 Å². The molecule has 0 aliphatic carbocycles. The van der Waals surface area contributed by atoms with Gasteiger partial charge in [-0.2, -0.15) is 5.10 Å². The van der Waals surface area contributed by atoms with Crippen LogP contribution < -0.4 is 9.46 Å². The average Bonchev–Trinajstić information content (AvgIpc) is 2.70. The largest absolute Gasteiger partial charge is 0.495 e. The van der Waals surface area contributed by atoms with E-state index in [1.807, 2.05) is 33.9 Å². The third-order valence-corrected chi connectivity index (χ3v) is 5.13. The van der Waals surface area contributed by atoms with Crippen molar-refractivity contribution in [2.24, 2.45) is 7.05 Å². The molecule has 6 nitrogen and oxygen atoms in total. The minimum absolute atomic E-state index is 0.147. The number of hydrogen-bond donors (Lipinski definition) is 1. The van der Waals surface area contributed by atoms with E-state index in [1.54, 1.807) is 16.8 Å². The van der Waals surface area contributed by atoms with E-state index in [1.165, 1.54) is 7.11 Å². The van der Waals surface area contributed by atoms with Crippen LogP contribution in [0.5, 0.6) is 5.75 Å². The predicted molar refractivity (Wildman–Crippen MR) is 84.4 cm³/mol. The minimum Gasteiger partial charge on any atom is -0.495 e. The molecule has 7 heteroatoms. The molecule has 120 valence electrons. The van der Waals surface area contributed by atoms with E-state index in [2.05, 4.69) is 9.82 Å². The van der Waals surface area contributed by atoms with E-state index in [0.717, 1.165) is 22.5 Å². The van der Waals surface area contributed by atoms with Crippen LogP contribution in [-0.4, -0.2) is 25.3 Å². The second-order valence-electron chi connectivity index (χ2n) is 5.25. The Balaban J connectivity index is 2.31. The van der Waals surface area contributed by atoms with Crippen LogP contribution in [0.3, 0.4) is 0 Å². The van der Waals surface area contributed by atoms with Crippen molar-refractivity contribution >= 4 is 10.0 Å². The maximum absolute atomic E-state index is 12.5. The first-order chi connectivity index (χ1) is 10.3. The second-order valence-corrected chi connectivity index (χ2v) is 6.99. The molecule has 2 aromatic rings. The standard InChI is InChI=1S/C15H21N3O3S/c1-10-6-7-14(21-5)15(8-10)22(19,20)16-9-13-11(2)17-18(4)12(13)3/h6-8,16H,9H2,1-5H3. The summed E-state index contributed by atoms with van der Waals surface area (Å²) >= 11 is 0. The lowest BCUT2D eigenvalue weighted by atomic mass is 10.2. The summed E-state index contributed by atoms with van der Waals surface area (Å²) in [6, 6.07) is 5.07. The maximum atomic E-state index is 12.5. The Bertz CT molecular complexity index is 795. The first-order valence-corrected chi connectivity index (χ1v) is 8.38. The lowest BCUT2D eigenvalue weighted by Gasteiger charge is -2.11. The molecule has 0 atom stereocenters. The van der Waals surface area contributed by atoms with Gasteiger partial charge < -0.3 is 4.74 Å². The van der Waals surface area contributed by atoms with Gasteiger partial charge in [-0.25, -0.2) is 13.1 Å². The van der Waals surface area contributed by atoms with Gasteiger partial charge in [0.15, 0.2) is 0 Å². The first kappa shape index (κ1) is 16.5. The fourth-order valence-corrected chi connectivity index (χ4v) is 3.56. The van der Waals surface area contributed by atoms with E-state index in [0.29, 0.717) is 5.75 Å². The van der Waals surface area contributed by atoms with Crippen molar-refractivity contribution in [2.75, 3.05) is 7.11 Å². The van der Waals surface area contributed by atoms with Gasteiger partial charge in [0.1, 0.15) is 10.6 Å². The third kappa shape index (κ3) is 3.15. The molecule has 0 bridgehead atoms. The van der Waals surface area contributed by atoms with Crippen LogP contribution in [0.1, 0.15) is 22.5 Å². The Morgan fingerprint density at radius 1 is 1.27 bits per heavy atom. The summed E-state index contributed by atoms with van der Waals surface area (Å²) in [5, 5.41) is 4.29. The van der Waals surface area contributed by atoms with Gasteiger partial charge in [0.2, 0.25) is 10.0 Å². The molecule has 0 amide bonds. The van der Waals surface area contributed by atoms with Crippen molar-refractivity contribution < 1.29 is 13.2 Å². The predicted octanol–water partition coefficient (Wildman–Crippen LogP) is 1.83. The van der Waals surface area contributed by atoms with Gasteiger partial charge in [0, 0.05) is 24.8 Å². The number of aromatic nitrogens is 2. The second kappa shape index (κ2) is 6.10. The summed E-state index contributed by atoms with van der Waals surface area (Å²) in [6.07, 6.45) is 0. The molecule has 0 fully saturated rings. The number of methoxy groups -OCH3 is 1. The zero-order valence-electron chi connectivity index (χ0n) is 13.5. The SMILES string of the molecule is COc1ccc(C)cc1S(=O)(=O)NCc1c(C)nn(C)c1C. The number of aryl methyl sites for hydroxylation is 3. The normalized spacial score (nSPS) is 11.7. The smallest absolute Gasteiger partial charge is 0.244 e. The van der Waals surface area contributed by atoms with Crippen molar-refractivity contribution in [2.45, 2.75) is 32.2 Å². The quantitative estimate of drug-likeness (QED) is 0.911. The summed E-state index contributed by atoms with van der Waals surface area (Å²) in [5.74, 6) is 0.331. The van der Waals surface area contributed by atoms with Crippen molar-refractivity contribution in [3.8, 4) is 5.75 Å². The van der Waals surface area contributed by atoms with Crippen LogP contribution in [0, 0.1) is 20.8 Å². The molecule has 1 N–H and O–H groups in total. The minimum atomic E-state index is -3.66. The molecule has 22 heavy (non-hydrogen) atoms. The molecule has 0 unspecified atom stereocenters. The van der Waals surface area contributed by atoms with Crippen LogP contribution >= 0.6 is 0 Å². The Morgan fingerprint density at radius 3 is 2.50 bits per heavy atom. The highest BCUT2D eigenvalue weighted by Gasteiger charge is 2.21. The molecule has 0 aliphatic rings. The molecule has 1 heterocycles. The highest BCUT2D eigenvalue weighted by molar-refractivity contribution is 7.89. The zero-order valence-corrected chi connectivity index (χ0v) is 14.3. The van der Waals surface area contributed by atoms with Crippen molar-refractivity contribution in [3.05, 3.63) is 40.7 Å². The topological polar surface area (TPSA) is 73.2 Å². The van der Waals surface area contributed by atoms with Crippen LogP contribution in [0.4, 0.5) is 0 Å². The summed E-state index contributed by atoms with van der Waals surface area (Å²) < 4.78 is 34.6. The van der Waals surface area contributed by atoms with Gasteiger partial charge in [-0.05, 0) is 38.5 Å². The number of benzene rings is 1. The van der Waals surface area contributed by atoms with Gasteiger partial charge >= 0.3 is 0 Å². The fraction of sp³-hybridized carbons (Fsp3) is 0.400. The van der Waals surface area contributed by atoms with Crippen molar-refractivity contribution in [3.63, 3.8) is 0 Å². The lowest BCUT2D eigenvalue weighted by molar-refractivity contribution is 0.402. The van der Waals surface area contributed by atoms with Gasteiger partial charge in [0.25, 0.3) is 0 Å². The molecule has 0 aliphatic heterocycles. The Hall–Kier alpha value is -1.86. The van der Waals surface area contributed by atoms with Gasteiger partial charge in [-0.1, -0.05) is 6.07 Å². The molecule has 1 aromatic carbocycles. The maximum Gasteiger partial charge on any atom is 0.244 e. The highest BCUT2D eigenvalue weighted by atomic mass is 32.2. The molecule has 2 rings (SSSR count). The molecular formula is C15H21N3O3S. The Kier molecular flexibility index (Phi) is 4.58. The summed E-state index contributed by atoms with van der Waals surface area (Å²) in [5.41, 5.74) is 3.50. The van der Waals surface area contributed by atoms with E-state index in [9.17, 15) is 8.42 Å². The van der Waals surface area contributed by atoms with Crippen LogP contribution in [0.15, 0.2) is 23.1 Å². The van der Waals surface area contributed by atoms with E-state index in [4.69, 9.17) is 4.74 Å². The highest BCUT2D eigenvalue weighted by Crippen LogP contribution is 2.25. The number of rotatable bonds is 5. The number of sulfonamides is 1. The van der Waals surface area contributed by atoms with Crippen molar-refractivity contribution in [1.82, 2.24) is 14.5 Å². The molecule has 0 saturated carbocycles. The Morgan fingerprint density at radius 2 is 1.95 bits per heavy atom. The molecular weight excluding hydrogens is 302 g/mol. The Labute approximate surface area is 131 Å². The molecule has 0 saturated heterocycles. The average molecular weight is 323 g/mol. The van der Waals surface area contributed by atoms with Crippen molar-refractivity contribution in [1.29, 1.82) is 0 Å². The van der Waals surface area contributed by atoms with E-state index >= 15 is 0 Å². The first-order valence-electron chi connectivity index (χ1n) is 6.89. The number of ether oxygens (including phenoxy) is 1. The fourth-order valence-electron chi connectivity index (χ4n) is 2.31. The summed E-state index contributed by atoms with van der Waals surface area (Å²) in [4.78, 5) is 0.147. The number of hydrogen-bond acceptors (Lipinski definition) is 4. The lowest BCUT2D eigenvalue weighted by Crippen LogP contribution is -2.24. The van der Waals surface area contributed by atoms with Gasteiger partial charge in [-0.15, -0.1) is 0 Å². The summed E-state index contributed by atoms with van der Waals surface area (Å²) in [7, 11) is -0.365. The van der Waals surface area contributed by atoms with Gasteiger partial charge in [0.05, 0.1) is 12.8 Å². The van der Waals surface area contributed by atoms with E-state index in [-0.39, 0.29) is 11.4 Å². The monoisotopic (exact) mass is 323 g/mol. The van der Waals surface area contributed by atoms with Crippen LogP contribution in [0.2, 0.25) is 0 Å².